The van der Waals surface area contributed by atoms with Crippen LogP contribution < -0.4 is 5.32 Å². The van der Waals surface area contributed by atoms with Crippen molar-refractivity contribution in [3.63, 3.8) is 0 Å². The van der Waals surface area contributed by atoms with E-state index in [-0.39, 0.29) is 6.04 Å². The molecule has 5 heteroatoms. The number of likely N-dealkylation sites (N-methyl/N-ethyl adjacent to an activating group) is 2. The van der Waals surface area contributed by atoms with Crippen LogP contribution in [0.25, 0.3) is 0 Å². The monoisotopic (exact) mass is 302 g/mol. The fourth-order valence-corrected chi connectivity index (χ4v) is 2.42. The van der Waals surface area contributed by atoms with Crippen LogP contribution in [0.5, 0.6) is 0 Å². The Balaban J connectivity index is 2.94. The summed E-state index contributed by atoms with van der Waals surface area (Å²) >= 11 is 0. The van der Waals surface area contributed by atoms with E-state index < -0.39 is 11.7 Å². The van der Waals surface area contributed by atoms with Gasteiger partial charge in [-0.3, -0.25) is 0 Å². The normalized spacial score (nSPS) is 13.7. The molecule has 0 spiro atoms. The third-order valence-corrected chi connectivity index (χ3v) is 3.49. The van der Waals surface area contributed by atoms with E-state index in [1.807, 2.05) is 6.92 Å². The van der Waals surface area contributed by atoms with Gasteiger partial charge in [-0.05, 0) is 43.8 Å². The van der Waals surface area contributed by atoms with Crippen LogP contribution in [-0.4, -0.2) is 31.1 Å². The van der Waals surface area contributed by atoms with Gasteiger partial charge in [0.2, 0.25) is 0 Å². The van der Waals surface area contributed by atoms with Crippen molar-refractivity contribution in [3.05, 3.63) is 35.4 Å². The molecule has 1 rings (SSSR count). The Morgan fingerprint density at radius 2 is 1.90 bits per heavy atom. The molecule has 1 atom stereocenters. The maximum atomic E-state index is 12.8. The summed E-state index contributed by atoms with van der Waals surface area (Å²) in [5, 5.41) is 3.29. The Hall–Kier alpha value is -1.07. The fraction of sp³-hybridized carbons (Fsp3) is 0.625. The van der Waals surface area contributed by atoms with Gasteiger partial charge in [-0.2, -0.15) is 13.2 Å². The first-order chi connectivity index (χ1) is 9.92. The Labute approximate surface area is 125 Å². The van der Waals surface area contributed by atoms with Crippen molar-refractivity contribution in [1.82, 2.24) is 10.2 Å². The third kappa shape index (κ3) is 5.67. The standard InChI is InChI=1S/C16H25F3N2/c1-4-10-21(6-3)12-15(20-5-2)13-8-7-9-14(11-13)16(17,18)19/h7-9,11,15,20H,4-6,10,12H2,1-3H3. The van der Waals surface area contributed by atoms with Crippen LogP contribution in [0, 0.1) is 0 Å². The highest BCUT2D eigenvalue weighted by molar-refractivity contribution is 5.28. The quantitative estimate of drug-likeness (QED) is 0.778. The molecule has 0 saturated heterocycles. The molecule has 0 amide bonds. The summed E-state index contributed by atoms with van der Waals surface area (Å²) < 4.78 is 38.5. The lowest BCUT2D eigenvalue weighted by atomic mass is 10.0. The average molecular weight is 302 g/mol. The number of benzene rings is 1. The van der Waals surface area contributed by atoms with Gasteiger partial charge < -0.3 is 10.2 Å². The van der Waals surface area contributed by atoms with Crippen molar-refractivity contribution in [2.24, 2.45) is 0 Å². The van der Waals surface area contributed by atoms with Crippen molar-refractivity contribution in [3.8, 4) is 0 Å². The van der Waals surface area contributed by atoms with Crippen molar-refractivity contribution in [2.75, 3.05) is 26.2 Å². The minimum atomic E-state index is -4.29. The zero-order valence-corrected chi connectivity index (χ0v) is 13.0. The summed E-state index contributed by atoms with van der Waals surface area (Å²) in [6, 6.07) is 5.55. The molecule has 0 aromatic heterocycles. The molecule has 0 radical (unpaired) electrons. The maximum absolute atomic E-state index is 12.8. The molecule has 1 N–H and O–H groups in total. The number of halogens is 3. The average Bonchev–Trinajstić information content (AvgIpc) is 2.45. The van der Waals surface area contributed by atoms with Gasteiger partial charge in [-0.15, -0.1) is 0 Å². The fourth-order valence-electron chi connectivity index (χ4n) is 2.42. The lowest BCUT2D eigenvalue weighted by molar-refractivity contribution is -0.137. The molecule has 0 aliphatic heterocycles. The van der Waals surface area contributed by atoms with Crippen LogP contribution in [0.1, 0.15) is 44.4 Å². The number of alkyl halides is 3. The van der Waals surface area contributed by atoms with Gasteiger partial charge in [0.15, 0.2) is 0 Å². The Morgan fingerprint density at radius 1 is 1.19 bits per heavy atom. The molecule has 2 nitrogen and oxygen atoms in total. The van der Waals surface area contributed by atoms with Gasteiger partial charge in [0.1, 0.15) is 0 Å². The first kappa shape index (κ1) is 18.0. The molecular weight excluding hydrogens is 277 g/mol. The van der Waals surface area contributed by atoms with Crippen LogP contribution in [0.15, 0.2) is 24.3 Å². The van der Waals surface area contributed by atoms with Crippen molar-refractivity contribution < 1.29 is 13.2 Å². The summed E-state index contributed by atoms with van der Waals surface area (Å²) in [7, 11) is 0. The molecule has 1 unspecified atom stereocenters. The SMILES string of the molecule is CCCN(CC)CC(NCC)c1cccc(C(F)(F)F)c1. The van der Waals surface area contributed by atoms with Gasteiger partial charge in [0, 0.05) is 12.6 Å². The minimum Gasteiger partial charge on any atom is -0.309 e. The highest BCUT2D eigenvalue weighted by Crippen LogP contribution is 2.30. The largest absolute Gasteiger partial charge is 0.416 e. The second kappa shape index (κ2) is 8.39. The van der Waals surface area contributed by atoms with E-state index in [2.05, 4.69) is 24.1 Å². The van der Waals surface area contributed by atoms with Crippen LogP contribution in [0.3, 0.4) is 0 Å². The first-order valence-electron chi connectivity index (χ1n) is 7.55. The zero-order valence-electron chi connectivity index (χ0n) is 13.0. The molecule has 21 heavy (non-hydrogen) atoms. The molecule has 0 fully saturated rings. The van der Waals surface area contributed by atoms with E-state index in [0.29, 0.717) is 5.56 Å². The Bertz CT molecular complexity index is 418. The molecule has 1 aromatic rings. The predicted molar refractivity (Wildman–Crippen MR) is 80.3 cm³/mol. The van der Waals surface area contributed by atoms with E-state index >= 15 is 0 Å². The molecule has 0 heterocycles. The van der Waals surface area contributed by atoms with Crippen LogP contribution >= 0.6 is 0 Å². The smallest absolute Gasteiger partial charge is 0.309 e. The predicted octanol–water partition coefficient (Wildman–Crippen LogP) is 4.09. The Kier molecular flexibility index (Phi) is 7.18. The molecule has 0 aliphatic carbocycles. The molecule has 0 bridgehead atoms. The van der Waals surface area contributed by atoms with Gasteiger partial charge >= 0.3 is 6.18 Å². The highest BCUT2D eigenvalue weighted by atomic mass is 19.4. The number of hydrogen-bond donors (Lipinski definition) is 1. The number of hydrogen-bond acceptors (Lipinski definition) is 2. The summed E-state index contributed by atoms with van der Waals surface area (Å²) in [5.41, 5.74) is 0.114. The van der Waals surface area contributed by atoms with Crippen molar-refractivity contribution in [1.29, 1.82) is 0 Å². The topological polar surface area (TPSA) is 15.3 Å². The maximum Gasteiger partial charge on any atom is 0.416 e. The van der Waals surface area contributed by atoms with Gasteiger partial charge in [-0.25, -0.2) is 0 Å². The molecule has 1 aromatic carbocycles. The van der Waals surface area contributed by atoms with Crippen LogP contribution in [0.4, 0.5) is 13.2 Å². The van der Waals surface area contributed by atoms with E-state index in [1.165, 1.54) is 12.1 Å². The lowest BCUT2D eigenvalue weighted by Crippen LogP contribution is -2.35. The van der Waals surface area contributed by atoms with Gasteiger partial charge in [0.05, 0.1) is 5.56 Å². The number of nitrogens with zero attached hydrogens (tertiary/aromatic N) is 1. The van der Waals surface area contributed by atoms with Gasteiger partial charge in [-0.1, -0.05) is 32.9 Å². The summed E-state index contributed by atoms with van der Waals surface area (Å²) in [6.45, 7) is 9.45. The van der Waals surface area contributed by atoms with Crippen molar-refractivity contribution in [2.45, 2.75) is 39.4 Å². The number of nitrogens with one attached hydrogen (secondary N) is 1. The third-order valence-electron chi connectivity index (χ3n) is 3.49. The van der Waals surface area contributed by atoms with Crippen molar-refractivity contribution >= 4 is 0 Å². The summed E-state index contributed by atoms with van der Waals surface area (Å²) in [5.74, 6) is 0. The second-order valence-corrected chi connectivity index (χ2v) is 5.13. The zero-order chi connectivity index (χ0) is 15.9. The number of rotatable bonds is 8. The van der Waals surface area contributed by atoms with E-state index in [0.717, 1.165) is 38.7 Å². The van der Waals surface area contributed by atoms with Crippen LogP contribution in [0.2, 0.25) is 0 Å². The lowest BCUT2D eigenvalue weighted by Gasteiger charge is -2.27. The minimum absolute atomic E-state index is 0.0798. The van der Waals surface area contributed by atoms with Gasteiger partial charge in [0.25, 0.3) is 0 Å². The van der Waals surface area contributed by atoms with Crippen LogP contribution in [-0.2, 0) is 6.18 Å². The molecular formula is C16H25F3N2. The second-order valence-electron chi connectivity index (χ2n) is 5.13. The molecule has 120 valence electrons. The first-order valence-corrected chi connectivity index (χ1v) is 7.55. The Morgan fingerprint density at radius 3 is 2.43 bits per heavy atom. The van der Waals surface area contributed by atoms with E-state index in [4.69, 9.17) is 0 Å². The van der Waals surface area contributed by atoms with E-state index in [1.54, 1.807) is 6.07 Å². The van der Waals surface area contributed by atoms with E-state index in [9.17, 15) is 13.2 Å². The molecule has 0 aliphatic rings. The molecule has 0 saturated carbocycles. The summed E-state index contributed by atoms with van der Waals surface area (Å²) in [6.07, 6.45) is -3.25. The summed E-state index contributed by atoms with van der Waals surface area (Å²) in [4.78, 5) is 2.26. The highest BCUT2D eigenvalue weighted by Gasteiger charge is 2.31.